The van der Waals surface area contributed by atoms with E-state index >= 15 is 0 Å². The largest absolute Gasteiger partial charge is 0.376 e. The van der Waals surface area contributed by atoms with Crippen molar-refractivity contribution < 1.29 is 14.3 Å². The molecule has 0 bridgehead atoms. The van der Waals surface area contributed by atoms with E-state index in [0.717, 1.165) is 19.4 Å². The topological polar surface area (TPSA) is 85.5 Å². The first-order valence-corrected chi connectivity index (χ1v) is 7.64. The Morgan fingerprint density at radius 2 is 2.23 bits per heavy atom. The molecule has 1 atom stereocenters. The van der Waals surface area contributed by atoms with Crippen molar-refractivity contribution in [2.45, 2.75) is 32.8 Å². The molecule has 6 heteroatoms. The van der Waals surface area contributed by atoms with E-state index < -0.39 is 5.91 Å². The number of aromatic nitrogens is 1. The number of carbonyl (C=O) groups is 2. The highest BCUT2D eigenvalue weighted by Gasteiger charge is 2.28. The summed E-state index contributed by atoms with van der Waals surface area (Å²) in [5, 5.41) is 0. The molecule has 2 heterocycles. The highest BCUT2D eigenvalue weighted by atomic mass is 16.5. The van der Waals surface area contributed by atoms with Gasteiger partial charge in [0.05, 0.1) is 11.7 Å². The third kappa shape index (κ3) is 4.27. The van der Waals surface area contributed by atoms with E-state index in [-0.39, 0.29) is 12.0 Å². The number of rotatable bonds is 6. The Morgan fingerprint density at radius 3 is 2.82 bits per heavy atom. The molecule has 0 radical (unpaired) electrons. The van der Waals surface area contributed by atoms with Gasteiger partial charge in [-0.15, -0.1) is 0 Å². The van der Waals surface area contributed by atoms with Crippen LogP contribution in [0, 0.1) is 5.92 Å². The van der Waals surface area contributed by atoms with Gasteiger partial charge in [0.25, 0.3) is 5.91 Å². The first-order valence-electron chi connectivity index (χ1n) is 7.64. The third-order valence-electron chi connectivity index (χ3n) is 3.75. The fourth-order valence-corrected chi connectivity index (χ4v) is 2.35. The summed E-state index contributed by atoms with van der Waals surface area (Å²) in [6, 6.07) is 3.06. The van der Waals surface area contributed by atoms with E-state index in [1.54, 1.807) is 4.90 Å². The Hall–Kier alpha value is -1.95. The number of nitrogens with two attached hydrogens (primary N) is 1. The Balaban J connectivity index is 1.87. The molecule has 1 aliphatic rings. The third-order valence-corrected chi connectivity index (χ3v) is 3.75. The van der Waals surface area contributed by atoms with Gasteiger partial charge in [-0.3, -0.25) is 14.6 Å². The van der Waals surface area contributed by atoms with Crippen LogP contribution in [0.5, 0.6) is 0 Å². The van der Waals surface area contributed by atoms with Crippen LogP contribution in [-0.4, -0.2) is 47.5 Å². The normalized spacial score (nSPS) is 18.0. The van der Waals surface area contributed by atoms with Crippen molar-refractivity contribution >= 4 is 11.8 Å². The molecule has 1 aromatic rings. The number of pyridine rings is 1. The van der Waals surface area contributed by atoms with Gasteiger partial charge >= 0.3 is 0 Å². The maximum Gasteiger partial charge on any atom is 0.272 e. The molecular formula is C16H23N3O3. The van der Waals surface area contributed by atoms with Crippen LogP contribution in [0.25, 0.3) is 0 Å². The van der Waals surface area contributed by atoms with Gasteiger partial charge in [0, 0.05) is 25.9 Å². The summed E-state index contributed by atoms with van der Waals surface area (Å²) >= 11 is 0. The maximum absolute atomic E-state index is 12.3. The van der Waals surface area contributed by atoms with Crippen molar-refractivity contribution in [1.29, 1.82) is 0 Å². The van der Waals surface area contributed by atoms with Crippen molar-refractivity contribution in [3.8, 4) is 0 Å². The summed E-state index contributed by atoms with van der Waals surface area (Å²) in [5.41, 5.74) is 5.78. The summed E-state index contributed by atoms with van der Waals surface area (Å²) in [5.74, 6) is -0.0654. The van der Waals surface area contributed by atoms with Crippen LogP contribution in [0.1, 0.15) is 47.5 Å². The van der Waals surface area contributed by atoms with E-state index in [9.17, 15) is 9.59 Å². The second-order valence-corrected chi connectivity index (χ2v) is 6.01. The number of likely N-dealkylation sites (tertiary alicyclic amines) is 1. The molecular weight excluding hydrogens is 282 g/mol. The highest BCUT2D eigenvalue weighted by Crippen LogP contribution is 2.16. The van der Waals surface area contributed by atoms with Crippen molar-refractivity contribution in [3.63, 3.8) is 0 Å². The fourth-order valence-electron chi connectivity index (χ4n) is 2.35. The van der Waals surface area contributed by atoms with Crippen LogP contribution < -0.4 is 5.73 Å². The molecule has 120 valence electrons. The molecule has 0 spiro atoms. The van der Waals surface area contributed by atoms with Crippen LogP contribution in [0.15, 0.2) is 18.3 Å². The molecule has 0 saturated carbocycles. The molecule has 22 heavy (non-hydrogen) atoms. The molecule has 2 N–H and O–H groups in total. The summed E-state index contributed by atoms with van der Waals surface area (Å²) in [4.78, 5) is 29.1. The van der Waals surface area contributed by atoms with Crippen molar-refractivity contribution in [2.24, 2.45) is 11.7 Å². The number of amides is 2. The molecule has 1 saturated heterocycles. The average molecular weight is 305 g/mol. The first kappa shape index (κ1) is 16.4. The highest BCUT2D eigenvalue weighted by molar-refractivity contribution is 5.95. The van der Waals surface area contributed by atoms with Crippen LogP contribution in [0.3, 0.4) is 0 Å². The molecule has 2 rings (SSSR count). The zero-order valence-electron chi connectivity index (χ0n) is 13.1. The lowest BCUT2D eigenvalue weighted by atomic mass is 10.1. The Kier molecular flexibility index (Phi) is 5.49. The van der Waals surface area contributed by atoms with Gasteiger partial charge in [0.15, 0.2) is 0 Å². The number of nitrogens with zero attached hydrogens (tertiary/aromatic N) is 2. The minimum atomic E-state index is -0.550. The lowest BCUT2D eigenvalue weighted by molar-refractivity contribution is 0.0482. The summed E-state index contributed by atoms with van der Waals surface area (Å²) in [7, 11) is 0. The predicted octanol–water partition coefficient (Wildman–Crippen LogP) is 1.46. The number of ether oxygens (including phenoxy) is 1. The Bertz CT molecular complexity index is 528. The molecule has 1 aromatic heterocycles. The minimum absolute atomic E-state index is 0.104. The second kappa shape index (κ2) is 7.35. The van der Waals surface area contributed by atoms with Gasteiger partial charge in [0.2, 0.25) is 5.91 Å². The quantitative estimate of drug-likeness (QED) is 0.862. The standard InChI is InChI=1S/C16H23N3O3/c1-11(2)6-8-22-13-5-7-19(10-13)16(21)14-4-3-12(9-18-14)15(17)20/h3-4,9,11,13H,5-8,10H2,1-2H3,(H2,17,20). The minimum Gasteiger partial charge on any atom is -0.376 e. The van der Waals surface area contributed by atoms with Gasteiger partial charge in [-0.1, -0.05) is 13.8 Å². The van der Waals surface area contributed by atoms with Crippen LogP contribution in [0.4, 0.5) is 0 Å². The van der Waals surface area contributed by atoms with E-state index in [2.05, 4.69) is 18.8 Å². The molecule has 2 amide bonds. The maximum atomic E-state index is 12.3. The number of hydrogen-bond acceptors (Lipinski definition) is 4. The summed E-state index contributed by atoms with van der Waals surface area (Å²) < 4.78 is 5.81. The molecule has 1 fully saturated rings. The van der Waals surface area contributed by atoms with Crippen molar-refractivity contribution in [2.75, 3.05) is 19.7 Å². The predicted molar refractivity (Wildman–Crippen MR) is 82.5 cm³/mol. The van der Waals surface area contributed by atoms with Crippen molar-refractivity contribution in [1.82, 2.24) is 9.88 Å². The van der Waals surface area contributed by atoms with E-state index in [4.69, 9.17) is 10.5 Å². The first-order chi connectivity index (χ1) is 10.5. The second-order valence-electron chi connectivity index (χ2n) is 6.01. The SMILES string of the molecule is CC(C)CCOC1CCN(C(=O)c2ccc(C(N)=O)cn2)C1. The van der Waals surface area contributed by atoms with Gasteiger partial charge < -0.3 is 15.4 Å². The summed E-state index contributed by atoms with van der Waals surface area (Å²) in [6.07, 6.45) is 3.32. The molecule has 1 aliphatic heterocycles. The average Bonchev–Trinajstić information content (AvgIpc) is 2.95. The van der Waals surface area contributed by atoms with Gasteiger partial charge in [-0.25, -0.2) is 0 Å². The van der Waals surface area contributed by atoms with Gasteiger partial charge in [-0.05, 0) is 30.9 Å². The number of primary amides is 1. The lowest BCUT2D eigenvalue weighted by Gasteiger charge is -2.16. The van der Waals surface area contributed by atoms with Crippen LogP contribution in [0.2, 0.25) is 0 Å². The lowest BCUT2D eigenvalue weighted by Crippen LogP contribution is -2.31. The van der Waals surface area contributed by atoms with Crippen LogP contribution in [-0.2, 0) is 4.74 Å². The smallest absolute Gasteiger partial charge is 0.272 e. The van der Waals surface area contributed by atoms with Crippen LogP contribution >= 0.6 is 0 Å². The van der Waals surface area contributed by atoms with E-state index in [1.165, 1.54) is 18.3 Å². The summed E-state index contributed by atoms with van der Waals surface area (Å²) in [6.45, 7) is 6.32. The van der Waals surface area contributed by atoms with Gasteiger partial charge in [-0.2, -0.15) is 0 Å². The van der Waals surface area contributed by atoms with E-state index in [1.807, 2.05) is 0 Å². The molecule has 6 nitrogen and oxygen atoms in total. The molecule has 0 aromatic carbocycles. The monoisotopic (exact) mass is 305 g/mol. The zero-order chi connectivity index (χ0) is 16.1. The fraction of sp³-hybridized carbons (Fsp3) is 0.562. The molecule has 0 aliphatic carbocycles. The Morgan fingerprint density at radius 1 is 1.45 bits per heavy atom. The zero-order valence-corrected chi connectivity index (χ0v) is 13.1. The van der Waals surface area contributed by atoms with E-state index in [0.29, 0.717) is 30.3 Å². The Labute approximate surface area is 130 Å². The van der Waals surface area contributed by atoms with Gasteiger partial charge in [0.1, 0.15) is 5.69 Å². The number of hydrogen-bond donors (Lipinski definition) is 1. The number of carbonyl (C=O) groups excluding carboxylic acids is 2. The van der Waals surface area contributed by atoms with Crippen molar-refractivity contribution in [3.05, 3.63) is 29.6 Å². The molecule has 1 unspecified atom stereocenters.